The van der Waals surface area contributed by atoms with Crippen LogP contribution in [0.15, 0.2) is 101 Å². The van der Waals surface area contributed by atoms with Gasteiger partial charge in [-0.15, -0.1) is 65.4 Å². The Hall–Kier alpha value is -3.63. The van der Waals surface area contributed by atoms with E-state index in [1.807, 2.05) is 88.5 Å². The van der Waals surface area contributed by atoms with Crippen molar-refractivity contribution >= 4 is 43.4 Å². The van der Waals surface area contributed by atoms with Gasteiger partial charge in [0.05, 0.1) is 5.58 Å². The number of fused-ring (bicyclic) bond motifs is 5. The third kappa shape index (κ3) is 6.33. The fourth-order valence-corrected chi connectivity index (χ4v) is 5.53. The topological polar surface area (TPSA) is 38.9 Å². The summed E-state index contributed by atoms with van der Waals surface area (Å²) in [5.74, 6) is 0. The Bertz CT molecular complexity index is 2010. The second kappa shape index (κ2) is 12.1. The van der Waals surface area contributed by atoms with Crippen LogP contribution in [0.5, 0.6) is 0 Å². The molecule has 41 heavy (non-hydrogen) atoms. The maximum absolute atomic E-state index is 8.61. The fraction of sp³-hybridized carbons (Fsp3) is 0.167. The van der Waals surface area contributed by atoms with E-state index >= 15 is 0 Å². The third-order valence-corrected chi connectivity index (χ3v) is 7.34. The van der Waals surface area contributed by atoms with Gasteiger partial charge in [0.25, 0.3) is 0 Å². The molecule has 7 rings (SSSR count). The maximum atomic E-state index is 8.61. The molecule has 0 saturated heterocycles. The molecule has 0 saturated carbocycles. The van der Waals surface area contributed by atoms with E-state index in [9.17, 15) is 0 Å². The van der Waals surface area contributed by atoms with Gasteiger partial charge in [0, 0.05) is 50.7 Å². The van der Waals surface area contributed by atoms with Crippen LogP contribution in [0.1, 0.15) is 34.6 Å². The quantitative estimate of drug-likeness (QED) is 0.170. The SMILES string of the molecule is Cc1ccc(-c2[c-]cccc2)nc1.[2H]C([2H])(c1ccnc(-c2[c-]ccc3c2oc2ccc4sccc4c23)c1)C(C)(C)C.[Ir]. The molecular weight excluding hydrogens is 701 g/mol. The number of furan rings is 1. The Labute approximate surface area is 261 Å². The molecule has 3 aromatic carbocycles. The van der Waals surface area contributed by atoms with Crippen LogP contribution in [0.25, 0.3) is 54.5 Å². The second-order valence-corrected chi connectivity index (χ2v) is 11.7. The minimum absolute atomic E-state index is 0. The van der Waals surface area contributed by atoms with Crippen molar-refractivity contribution in [2.45, 2.75) is 34.1 Å². The maximum Gasteiger partial charge on any atom is 0.121 e. The number of thiophene rings is 1. The fourth-order valence-electron chi connectivity index (χ4n) is 4.73. The first-order valence-corrected chi connectivity index (χ1v) is 14.1. The molecule has 3 nitrogen and oxygen atoms in total. The molecule has 0 bridgehead atoms. The minimum atomic E-state index is -1.49. The van der Waals surface area contributed by atoms with Crippen molar-refractivity contribution < 1.29 is 27.3 Å². The molecule has 0 atom stereocenters. The zero-order valence-electron chi connectivity index (χ0n) is 25.3. The van der Waals surface area contributed by atoms with E-state index < -0.39 is 11.8 Å². The monoisotopic (exact) mass is 733 g/mol. The molecule has 207 valence electrons. The van der Waals surface area contributed by atoms with E-state index in [1.54, 1.807) is 23.6 Å². The summed E-state index contributed by atoms with van der Waals surface area (Å²) in [6, 6.07) is 32.1. The van der Waals surface area contributed by atoms with Gasteiger partial charge in [-0.2, -0.15) is 0 Å². The number of aryl methyl sites for hydroxylation is 1. The molecule has 0 spiro atoms. The van der Waals surface area contributed by atoms with Gasteiger partial charge in [0.2, 0.25) is 0 Å². The van der Waals surface area contributed by atoms with Crippen LogP contribution in [0, 0.1) is 24.5 Å². The first-order chi connectivity index (χ1) is 20.1. The van der Waals surface area contributed by atoms with Crippen LogP contribution in [-0.4, -0.2) is 9.97 Å². The summed E-state index contributed by atoms with van der Waals surface area (Å²) >= 11 is 1.72. The van der Waals surface area contributed by atoms with Crippen molar-refractivity contribution in [2.24, 2.45) is 5.41 Å². The van der Waals surface area contributed by atoms with Crippen LogP contribution < -0.4 is 0 Å². The predicted octanol–water partition coefficient (Wildman–Crippen LogP) is 10.1. The number of hydrogen-bond acceptors (Lipinski definition) is 4. The van der Waals surface area contributed by atoms with Gasteiger partial charge in [-0.25, -0.2) is 0 Å². The molecule has 0 unspecified atom stereocenters. The van der Waals surface area contributed by atoms with Gasteiger partial charge in [-0.3, -0.25) is 0 Å². The Morgan fingerprint density at radius 2 is 1.78 bits per heavy atom. The summed E-state index contributed by atoms with van der Waals surface area (Å²) in [6.07, 6.45) is 2.05. The Morgan fingerprint density at radius 1 is 0.902 bits per heavy atom. The second-order valence-electron chi connectivity index (χ2n) is 10.8. The summed E-state index contributed by atoms with van der Waals surface area (Å²) in [4.78, 5) is 8.84. The van der Waals surface area contributed by atoms with Gasteiger partial charge >= 0.3 is 0 Å². The molecule has 0 aliphatic heterocycles. The van der Waals surface area contributed by atoms with Gasteiger partial charge in [-0.1, -0.05) is 55.5 Å². The smallest absolute Gasteiger partial charge is 0.121 e. The van der Waals surface area contributed by atoms with Crippen molar-refractivity contribution in [2.75, 3.05) is 0 Å². The molecule has 0 fully saturated rings. The van der Waals surface area contributed by atoms with Crippen molar-refractivity contribution in [1.82, 2.24) is 9.97 Å². The summed E-state index contributed by atoms with van der Waals surface area (Å²) < 4.78 is 24.7. The number of nitrogens with zero attached hydrogens (tertiary/aromatic N) is 2. The van der Waals surface area contributed by atoms with Crippen LogP contribution in [0.3, 0.4) is 0 Å². The van der Waals surface area contributed by atoms with Crippen molar-refractivity contribution in [3.63, 3.8) is 0 Å². The molecule has 7 aromatic rings. The molecule has 4 heterocycles. The minimum Gasteiger partial charge on any atom is -0.501 e. The van der Waals surface area contributed by atoms with Crippen LogP contribution in [0.2, 0.25) is 0 Å². The average molecular weight is 733 g/mol. The molecule has 0 aliphatic carbocycles. The number of hydrogen-bond donors (Lipinski definition) is 0. The normalized spacial score (nSPS) is 12.4. The predicted molar refractivity (Wildman–Crippen MR) is 168 cm³/mol. The largest absolute Gasteiger partial charge is 0.501 e. The number of rotatable bonds is 3. The van der Waals surface area contributed by atoms with E-state index in [0.29, 0.717) is 11.3 Å². The van der Waals surface area contributed by atoms with E-state index in [-0.39, 0.29) is 20.1 Å². The summed E-state index contributed by atoms with van der Waals surface area (Å²) in [6.45, 7) is 7.76. The molecule has 0 amide bonds. The van der Waals surface area contributed by atoms with E-state index in [0.717, 1.165) is 38.8 Å². The van der Waals surface area contributed by atoms with Crippen LogP contribution in [0.4, 0.5) is 0 Å². The zero-order chi connectivity index (χ0) is 29.5. The van der Waals surface area contributed by atoms with Gasteiger partial charge < -0.3 is 14.4 Å². The van der Waals surface area contributed by atoms with Gasteiger partial charge in [0.15, 0.2) is 0 Å². The van der Waals surface area contributed by atoms with Crippen molar-refractivity contribution in [3.8, 4) is 22.5 Å². The molecule has 0 N–H and O–H groups in total. The van der Waals surface area contributed by atoms with Crippen LogP contribution >= 0.6 is 11.3 Å². The van der Waals surface area contributed by atoms with Crippen molar-refractivity contribution in [3.05, 3.63) is 120 Å². The number of benzene rings is 3. The van der Waals surface area contributed by atoms with Gasteiger partial charge in [0.1, 0.15) is 5.58 Å². The molecule has 0 aliphatic rings. The number of pyridine rings is 2. The molecule has 1 radical (unpaired) electrons. The van der Waals surface area contributed by atoms with E-state index in [2.05, 4.69) is 45.7 Å². The summed E-state index contributed by atoms with van der Waals surface area (Å²) in [5.41, 5.74) is 6.28. The Kier molecular flexibility index (Phi) is 7.74. The van der Waals surface area contributed by atoms with E-state index in [4.69, 9.17) is 7.16 Å². The Morgan fingerprint density at radius 3 is 2.54 bits per heavy atom. The first kappa shape index (κ1) is 26.3. The average Bonchev–Trinajstić information content (AvgIpc) is 3.62. The molecule has 5 heteroatoms. The van der Waals surface area contributed by atoms with Crippen molar-refractivity contribution in [1.29, 1.82) is 0 Å². The van der Waals surface area contributed by atoms with Gasteiger partial charge in [-0.05, 0) is 65.3 Å². The summed E-state index contributed by atoms with van der Waals surface area (Å²) in [7, 11) is 0. The number of aromatic nitrogens is 2. The first-order valence-electron chi connectivity index (χ1n) is 14.2. The zero-order valence-corrected chi connectivity index (χ0v) is 26.5. The standard InChI is InChI=1S/C24H20NOS.C12H10N.Ir/c1-24(2,3)14-15-9-11-25-19(13-15)16-5-4-6-18-22-17-10-12-27-21(17)8-7-20(22)26-23(16)18;1-10-7-8-12(13-9-10)11-5-3-2-4-6-11;/h4,6-13H,14H2,1-3H3;2-5,7-9H,1H3;/q2*-1;/i14D2;;. The summed E-state index contributed by atoms with van der Waals surface area (Å²) in [5, 5.41) is 5.42. The molecular formula is C36H30IrN2OS-2. The molecule has 4 aromatic heterocycles. The van der Waals surface area contributed by atoms with Crippen LogP contribution in [-0.2, 0) is 26.5 Å². The third-order valence-electron chi connectivity index (χ3n) is 6.46. The van der Waals surface area contributed by atoms with E-state index in [1.165, 1.54) is 15.6 Å². The Balaban J connectivity index is 0.000000221.